The topological polar surface area (TPSA) is 35.0 Å². The van der Waals surface area contributed by atoms with Crippen LogP contribution in [0.1, 0.15) is 23.1 Å². The van der Waals surface area contributed by atoms with E-state index in [0.717, 1.165) is 56.8 Å². The fourth-order valence-corrected chi connectivity index (χ4v) is 8.17. The second-order valence-electron chi connectivity index (χ2n) is 12.8. The molecule has 1 aromatic heterocycles. The average molecular weight is 615 g/mol. The first-order valence-electron chi connectivity index (χ1n) is 16.6. The summed E-state index contributed by atoms with van der Waals surface area (Å²) in [6.07, 6.45) is 7.54. The number of benzene rings is 6. The van der Waals surface area contributed by atoms with Crippen molar-refractivity contribution in [3.05, 3.63) is 186 Å². The van der Waals surface area contributed by atoms with E-state index in [4.69, 9.17) is 14.7 Å². The van der Waals surface area contributed by atoms with Crippen LogP contribution >= 0.6 is 0 Å². The molecule has 10 rings (SSSR count). The molecule has 226 valence electrons. The molecule has 0 N–H and O–H groups in total. The molecule has 3 aliphatic rings. The number of hydrogen-bond donors (Lipinski definition) is 0. The molecule has 2 heterocycles. The molecule has 0 amide bonds. The molecule has 0 saturated heterocycles. The number of fused-ring (bicyclic) bond motifs is 10. The van der Waals surface area contributed by atoms with Gasteiger partial charge in [-0.1, -0.05) is 152 Å². The zero-order valence-electron chi connectivity index (χ0n) is 26.2. The smallest absolute Gasteiger partial charge is 0.160 e. The van der Waals surface area contributed by atoms with Crippen LogP contribution in [0.15, 0.2) is 169 Å². The fourth-order valence-electron chi connectivity index (χ4n) is 8.17. The molecule has 0 fully saturated rings. The number of rotatable bonds is 3. The van der Waals surface area contributed by atoms with E-state index in [2.05, 4.69) is 146 Å². The lowest BCUT2D eigenvalue weighted by Gasteiger charge is -2.45. The molecule has 3 nitrogen and oxygen atoms in total. The second-order valence-corrected chi connectivity index (χ2v) is 12.8. The van der Waals surface area contributed by atoms with Crippen molar-refractivity contribution >= 4 is 10.9 Å². The number of nitrogens with zero attached hydrogens (tertiary/aromatic N) is 2. The van der Waals surface area contributed by atoms with Crippen LogP contribution in [-0.2, 0) is 5.41 Å². The average Bonchev–Trinajstić information content (AvgIpc) is 3.45. The van der Waals surface area contributed by atoms with Gasteiger partial charge in [-0.15, -0.1) is 0 Å². The molecule has 1 unspecified atom stereocenters. The van der Waals surface area contributed by atoms with E-state index in [-0.39, 0.29) is 11.5 Å². The third kappa shape index (κ3) is 3.88. The molecular weight excluding hydrogens is 585 g/mol. The van der Waals surface area contributed by atoms with Gasteiger partial charge in [0, 0.05) is 28.5 Å². The van der Waals surface area contributed by atoms with E-state index < -0.39 is 0 Å². The molecular formula is C45H30N2O. The predicted molar refractivity (Wildman–Crippen MR) is 194 cm³/mol. The van der Waals surface area contributed by atoms with Gasteiger partial charge in [-0.2, -0.15) is 0 Å². The standard InChI is InChI=1S/C45H30N2O/c1-2-12-30(13-3-1)43-35-16-6-10-20-40(35)46-44(47-43)31-24-22-29(23-25-31)32-26-27-39-42(28-32)48-41-21-11-9-19-38(41)45(39)36-17-7-4-14-33(36)34-15-5-8-18-37(34)45/h1-20,22-28,41H,21H2. The van der Waals surface area contributed by atoms with Crippen molar-refractivity contribution < 1.29 is 4.74 Å². The molecule has 48 heavy (non-hydrogen) atoms. The minimum Gasteiger partial charge on any atom is -0.485 e. The third-order valence-electron chi connectivity index (χ3n) is 10.3. The Balaban J connectivity index is 1.08. The first kappa shape index (κ1) is 27.1. The van der Waals surface area contributed by atoms with Gasteiger partial charge < -0.3 is 4.74 Å². The summed E-state index contributed by atoms with van der Waals surface area (Å²) in [6.45, 7) is 0. The SMILES string of the molecule is C1=CCC2Oc3cc(-c4ccc(-c5nc(-c6ccccc6)c6ccccc6n5)cc4)ccc3C3(C2=C1)c1ccccc1-c1ccccc13. The van der Waals surface area contributed by atoms with Gasteiger partial charge in [0.1, 0.15) is 11.9 Å². The molecule has 1 spiro atoms. The van der Waals surface area contributed by atoms with Crippen molar-refractivity contribution in [1.82, 2.24) is 9.97 Å². The Morgan fingerprint density at radius 2 is 1.23 bits per heavy atom. The van der Waals surface area contributed by atoms with Gasteiger partial charge in [-0.05, 0) is 51.1 Å². The molecule has 0 bridgehead atoms. The van der Waals surface area contributed by atoms with Crippen LogP contribution in [-0.4, -0.2) is 16.1 Å². The van der Waals surface area contributed by atoms with Crippen molar-refractivity contribution in [2.75, 3.05) is 0 Å². The number of hydrogen-bond acceptors (Lipinski definition) is 3. The van der Waals surface area contributed by atoms with E-state index in [1.165, 1.54) is 33.4 Å². The van der Waals surface area contributed by atoms with Crippen LogP contribution in [0, 0.1) is 0 Å². The van der Waals surface area contributed by atoms with Gasteiger partial charge in [0.25, 0.3) is 0 Å². The monoisotopic (exact) mass is 614 g/mol. The summed E-state index contributed by atoms with van der Waals surface area (Å²) < 4.78 is 6.86. The highest BCUT2D eigenvalue weighted by molar-refractivity contribution is 5.94. The normalized spacial score (nSPS) is 16.4. The van der Waals surface area contributed by atoms with Gasteiger partial charge >= 0.3 is 0 Å². The van der Waals surface area contributed by atoms with E-state index in [0.29, 0.717) is 0 Å². The van der Waals surface area contributed by atoms with Crippen molar-refractivity contribution in [1.29, 1.82) is 0 Å². The highest BCUT2D eigenvalue weighted by Gasteiger charge is 2.53. The number of aromatic nitrogens is 2. The van der Waals surface area contributed by atoms with Crippen molar-refractivity contribution in [3.63, 3.8) is 0 Å². The van der Waals surface area contributed by atoms with E-state index in [1.54, 1.807) is 0 Å². The summed E-state index contributed by atoms with van der Waals surface area (Å²) >= 11 is 0. The van der Waals surface area contributed by atoms with Gasteiger partial charge in [-0.3, -0.25) is 0 Å². The van der Waals surface area contributed by atoms with Gasteiger partial charge in [0.05, 0.1) is 16.6 Å². The van der Waals surface area contributed by atoms with Crippen LogP contribution in [0.5, 0.6) is 5.75 Å². The lowest BCUT2D eigenvalue weighted by molar-refractivity contribution is 0.205. The van der Waals surface area contributed by atoms with Crippen LogP contribution in [0.2, 0.25) is 0 Å². The zero-order valence-corrected chi connectivity index (χ0v) is 26.2. The van der Waals surface area contributed by atoms with Gasteiger partial charge in [0.2, 0.25) is 0 Å². The largest absolute Gasteiger partial charge is 0.485 e. The molecule has 2 aliphatic carbocycles. The van der Waals surface area contributed by atoms with E-state index >= 15 is 0 Å². The number of ether oxygens (including phenoxy) is 1. The Hall–Kier alpha value is -6.06. The summed E-state index contributed by atoms with van der Waals surface area (Å²) in [5.41, 5.74) is 13.6. The van der Waals surface area contributed by atoms with Crippen LogP contribution < -0.4 is 4.74 Å². The first-order valence-corrected chi connectivity index (χ1v) is 16.6. The number of allylic oxidation sites excluding steroid dienone is 2. The summed E-state index contributed by atoms with van der Waals surface area (Å²) in [5.74, 6) is 1.67. The second kappa shape index (κ2) is 10.5. The minimum atomic E-state index is -0.386. The van der Waals surface area contributed by atoms with Gasteiger partial charge in [0.15, 0.2) is 5.82 Å². The molecule has 3 heteroatoms. The summed E-state index contributed by atoms with van der Waals surface area (Å²) in [4.78, 5) is 10.0. The quantitative estimate of drug-likeness (QED) is 0.199. The first-order chi connectivity index (χ1) is 23.8. The molecule has 0 saturated carbocycles. The highest BCUT2D eigenvalue weighted by atomic mass is 16.5. The Morgan fingerprint density at radius 3 is 2.02 bits per heavy atom. The number of para-hydroxylation sites is 1. The lowest BCUT2D eigenvalue weighted by atomic mass is 9.63. The van der Waals surface area contributed by atoms with Gasteiger partial charge in [-0.25, -0.2) is 9.97 Å². The fraction of sp³-hybridized carbons (Fsp3) is 0.0667. The van der Waals surface area contributed by atoms with E-state index in [1.807, 2.05) is 18.2 Å². The molecule has 1 atom stereocenters. The summed E-state index contributed by atoms with van der Waals surface area (Å²) in [7, 11) is 0. The van der Waals surface area contributed by atoms with Crippen molar-refractivity contribution in [3.8, 4) is 50.6 Å². The van der Waals surface area contributed by atoms with Crippen LogP contribution in [0.25, 0.3) is 55.8 Å². The van der Waals surface area contributed by atoms with Crippen LogP contribution in [0.3, 0.4) is 0 Å². The molecule has 6 aromatic carbocycles. The Kier molecular flexibility index (Phi) is 5.91. The maximum absolute atomic E-state index is 6.86. The molecule has 1 aliphatic heterocycles. The Morgan fingerprint density at radius 1 is 0.562 bits per heavy atom. The van der Waals surface area contributed by atoms with E-state index in [9.17, 15) is 0 Å². The predicted octanol–water partition coefficient (Wildman–Crippen LogP) is 10.6. The minimum absolute atomic E-state index is 0.0248. The third-order valence-corrected chi connectivity index (χ3v) is 10.3. The highest BCUT2D eigenvalue weighted by Crippen LogP contribution is 2.61. The maximum Gasteiger partial charge on any atom is 0.160 e. The Labute approximate surface area is 279 Å². The molecule has 7 aromatic rings. The van der Waals surface area contributed by atoms with Crippen molar-refractivity contribution in [2.24, 2.45) is 0 Å². The lowest BCUT2D eigenvalue weighted by Crippen LogP contribution is -2.42. The van der Waals surface area contributed by atoms with Crippen LogP contribution in [0.4, 0.5) is 0 Å². The van der Waals surface area contributed by atoms with Crippen molar-refractivity contribution in [2.45, 2.75) is 17.9 Å². The Bertz CT molecular complexity index is 2410. The summed E-state index contributed by atoms with van der Waals surface area (Å²) in [6, 6.07) is 51.8. The maximum atomic E-state index is 6.86. The molecule has 0 radical (unpaired) electrons. The summed E-state index contributed by atoms with van der Waals surface area (Å²) in [5, 5.41) is 1.05. The zero-order chi connectivity index (χ0) is 31.7.